The van der Waals surface area contributed by atoms with E-state index in [0.717, 1.165) is 28.8 Å². The van der Waals surface area contributed by atoms with Crippen molar-refractivity contribution in [1.82, 2.24) is 0 Å². The molecule has 1 aromatic rings. The Morgan fingerprint density at radius 1 is 1.12 bits per heavy atom. The first-order valence-corrected chi connectivity index (χ1v) is 7.06. The second-order valence-electron chi connectivity index (χ2n) is 3.45. The van der Waals surface area contributed by atoms with Crippen molar-refractivity contribution < 1.29 is 30.6 Å². The quantitative estimate of drug-likeness (QED) is 0.717. The van der Waals surface area contributed by atoms with E-state index in [4.69, 9.17) is 10.2 Å². The molecule has 2 nitrogen and oxygen atoms in total. The van der Waals surface area contributed by atoms with Crippen LogP contribution in [0.4, 0.5) is 0 Å². The number of hydrogen-bond donors (Lipinski definition) is 0. The third-order valence-corrected chi connectivity index (χ3v) is 5.40. The normalized spacial score (nSPS) is 12.8. The van der Waals surface area contributed by atoms with E-state index < -0.39 is 0 Å². The van der Waals surface area contributed by atoms with Gasteiger partial charge in [0.05, 0.1) is 0 Å². The van der Waals surface area contributed by atoms with E-state index >= 15 is 0 Å². The van der Waals surface area contributed by atoms with Crippen LogP contribution in [0.2, 0.25) is 0 Å². The summed E-state index contributed by atoms with van der Waals surface area (Å²) in [7, 11) is 2.42. The van der Waals surface area contributed by atoms with Crippen LogP contribution in [0.3, 0.4) is 0 Å². The van der Waals surface area contributed by atoms with Gasteiger partial charge in [-0.15, -0.1) is 0 Å². The van der Waals surface area contributed by atoms with Gasteiger partial charge in [0.25, 0.3) is 0 Å². The third kappa shape index (κ3) is 4.24. The van der Waals surface area contributed by atoms with Crippen LogP contribution in [-0.2, 0) is 20.4 Å². The summed E-state index contributed by atoms with van der Waals surface area (Å²) in [6.45, 7) is 4.50. The molecule has 0 saturated carbocycles. The van der Waals surface area contributed by atoms with Gasteiger partial charge in [0.15, 0.2) is 0 Å². The molecule has 1 unspecified atom stereocenters. The van der Waals surface area contributed by atoms with E-state index in [1.54, 1.807) is 8.90 Å². The van der Waals surface area contributed by atoms with E-state index in [-0.39, 0.29) is 0 Å². The minimum atomic E-state index is 0.750. The van der Waals surface area contributed by atoms with Gasteiger partial charge in [0, 0.05) is 0 Å². The molecule has 0 N–H and O–H groups in total. The Balaban J connectivity index is 0.000000581. The summed E-state index contributed by atoms with van der Waals surface area (Å²) in [6.07, 6.45) is 7.81. The Kier molecular flexibility index (Phi) is 8.85. The number of hydrogen-bond acceptors (Lipinski definition) is 2. The van der Waals surface area contributed by atoms with Gasteiger partial charge in [-0.05, 0) is 0 Å². The van der Waals surface area contributed by atoms with Crippen molar-refractivity contribution in [3.05, 3.63) is 34.7 Å². The molecule has 1 aliphatic carbocycles. The maximum atomic E-state index is 8.25. The van der Waals surface area contributed by atoms with Crippen molar-refractivity contribution in [3.63, 3.8) is 0 Å². The molecule has 91 valence electrons. The Hall–Kier alpha value is -0.106. The summed E-state index contributed by atoms with van der Waals surface area (Å²) in [5.41, 5.74) is 4.57. The molecule has 0 aliphatic heterocycles. The van der Waals surface area contributed by atoms with Gasteiger partial charge in [-0.2, -0.15) is 14.2 Å². The van der Waals surface area contributed by atoms with E-state index in [1.165, 1.54) is 16.7 Å². The SMILES string of the molecule is C[O-].C[O-].Cc1[c]([Ti+2])[pH]c(C2=CC=CC2)c1C. The molecule has 1 heterocycles. The van der Waals surface area contributed by atoms with Gasteiger partial charge in [-0.25, -0.2) is 0 Å². The number of allylic oxidation sites excluding steroid dienone is 4. The zero-order valence-corrected chi connectivity index (χ0v) is 13.3. The van der Waals surface area contributed by atoms with Crippen molar-refractivity contribution in [2.75, 3.05) is 14.2 Å². The summed E-state index contributed by atoms with van der Waals surface area (Å²) < 4.78 is 1.57. The molecule has 1 atom stereocenters. The second kappa shape index (κ2) is 8.91. The molecule has 1 aromatic heterocycles. The molecule has 0 aromatic carbocycles. The predicted octanol–water partition coefficient (Wildman–Crippen LogP) is 0.803. The van der Waals surface area contributed by atoms with Crippen molar-refractivity contribution >= 4 is 17.4 Å². The average Bonchev–Trinajstić information content (AvgIpc) is 2.99. The molecule has 0 fully saturated rings. The Labute approximate surface area is 117 Å². The van der Waals surface area contributed by atoms with Gasteiger partial charge in [0.1, 0.15) is 0 Å². The fourth-order valence-electron chi connectivity index (χ4n) is 1.64. The molecule has 17 heavy (non-hydrogen) atoms. The molecule has 1 aliphatic rings. The van der Waals surface area contributed by atoms with Crippen molar-refractivity contribution in [1.29, 1.82) is 0 Å². The standard InChI is InChI=1S/C11H12P.2CH3O.Ti/c1-8-7-12-11(9(8)2)10-5-3-4-6-10;2*1-2;/h3-5,12H,6H2,1-2H3;2*1H3;/q;2*-1;+2. The summed E-state index contributed by atoms with van der Waals surface area (Å²) in [6, 6.07) is 0. The molecule has 4 heteroatoms. The van der Waals surface area contributed by atoms with Crippen LogP contribution >= 0.6 is 8.19 Å². The Morgan fingerprint density at radius 3 is 2.06 bits per heavy atom. The fraction of sp³-hybridized carbons (Fsp3) is 0.385. The zero-order valence-electron chi connectivity index (χ0n) is 10.8. The summed E-state index contributed by atoms with van der Waals surface area (Å²) in [4.78, 5) is 0. The Bertz CT molecular complexity index is 406. The first-order chi connectivity index (χ1) is 8.20. The second-order valence-corrected chi connectivity index (χ2v) is 6.26. The van der Waals surface area contributed by atoms with Crippen molar-refractivity contribution in [2.24, 2.45) is 0 Å². The van der Waals surface area contributed by atoms with E-state index in [9.17, 15) is 0 Å². The van der Waals surface area contributed by atoms with Gasteiger partial charge in [0.2, 0.25) is 0 Å². The Morgan fingerprint density at radius 2 is 1.71 bits per heavy atom. The number of rotatable bonds is 1. The van der Waals surface area contributed by atoms with E-state index in [1.807, 2.05) is 0 Å². The predicted molar refractivity (Wildman–Crippen MR) is 68.6 cm³/mol. The first-order valence-electron chi connectivity index (χ1n) is 5.28. The third-order valence-electron chi connectivity index (χ3n) is 2.65. The van der Waals surface area contributed by atoms with Crippen molar-refractivity contribution in [3.8, 4) is 0 Å². The van der Waals surface area contributed by atoms with Crippen LogP contribution in [0.5, 0.6) is 0 Å². The topological polar surface area (TPSA) is 46.1 Å². The summed E-state index contributed by atoms with van der Waals surface area (Å²) in [5.74, 6) is 0. The molecule has 0 bridgehead atoms. The molecule has 0 spiro atoms. The molecular weight excluding hydrogens is 267 g/mol. The molecule has 0 radical (unpaired) electrons. The van der Waals surface area contributed by atoms with Crippen LogP contribution in [-0.4, -0.2) is 14.2 Å². The van der Waals surface area contributed by atoms with Crippen LogP contribution in [0.15, 0.2) is 18.2 Å². The average molecular weight is 285 g/mol. The van der Waals surface area contributed by atoms with Gasteiger partial charge in [-0.1, -0.05) is 0 Å². The summed E-state index contributed by atoms with van der Waals surface area (Å²) >= 11 is 2.26. The van der Waals surface area contributed by atoms with Crippen LogP contribution in [0.25, 0.3) is 5.57 Å². The van der Waals surface area contributed by atoms with Gasteiger partial charge in [-0.3, -0.25) is 0 Å². The molecular formula is C13H18O2PTi. The first kappa shape index (κ1) is 16.9. The zero-order chi connectivity index (χ0) is 13.4. The van der Waals surface area contributed by atoms with E-state index in [2.05, 4.69) is 52.5 Å². The van der Waals surface area contributed by atoms with Gasteiger partial charge < -0.3 is 10.2 Å². The van der Waals surface area contributed by atoms with Crippen LogP contribution in [0, 0.1) is 13.8 Å². The van der Waals surface area contributed by atoms with Crippen molar-refractivity contribution in [2.45, 2.75) is 20.3 Å². The van der Waals surface area contributed by atoms with Crippen LogP contribution in [0.1, 0.15) is 22.8 Å². The van der Waals surface area contributed by atoms with Gasteiger partial charge >= 0.3 is 92.7 Å². The maximum absolute atomic E-state index is 8.25. The molecule has 0 amide bonds. The summed E-state index contributed by atoms with van der Waals surface area (Å²) in [5, 5.41) is 18.1. The molecule has 0 saturated heterocycles. The van der Waals surface area contributed by atoms with E-state index in [0.29, 0.717) is 0 Å². The monoisotopic (exact) mass is 285 g/mol. The molecule has 2 rings (SSSR count). The fourth-order valence-corrected chi connectivity index (χ4v) is 3.87. The minimum absolute atomic E-state index is 0.750. The van der Waals surface area contributed by atoms with Crippen LogP contribution < -0.4 is 13.8 Å².